The highest BCUT2D eigenvalue weighted by Gasteiger charge is 2.50. The van der Waals surface area contributed by atoms with E-state index in [0.29, 0.717) is 42.3 Å². The van der Waals surface area contributed by atoms with Crippen LogP contribution in [0.5, 0.6) is 0 Å². The second kappa shape index (κ2) is 11.7. The van der Waals surface area contributed by atoms with E-state index in [1.165, 1.54) is 6.07 Å². The van der Waals surface area contributed by atoms with Gasteiger partial charge in [0.1, 0.15) is 22.5 Å². The van der Waals surface area contributed by atoms with Gasteiger partial charge < -0.3 is 28.8 Å². The molecule has 3 fully saturated rings. The molecule has 0 radical (unpaired) electrons. The summed E-state index contributed by atoms with van der Waals surface area (Å²) in [5.41, 5.74) is 3.67. The third-order valence-corrected chi connectivity index (χ3v) is 10.7. The molecular weight excluding hydrogens is 651 g/mol. The highest BCUT2D eigenvalue weighted by atomic mass is 19.1. The van der Waals surface area contributed by atoms with Crippen molar-refractivity contribution < 1.29 is 28.2 Å². The number of hydrogen-bond donors (Lipinski definition) is 1. The third kappa shape index (κ3) is 6.00. The van der Waals surface area contributed by atoms with Gasteiger partial charge in [-0.15, -0.1) is 0 Å². The van der Waals surface area contributed by atoms with E-state index < -0.39 is 23.1 Å². The zero-order valence-electron chi connectivity index (χ0n) is 30.5. The smallest absolute Gasteiger partial charge is 0.414 e. The van der Waals surface area contributed by atoms with Gasteiger partial charge in [-0.05, 0) is 110 Å². The molecule has 3 atom stereocenters. The minimum atomic E-state index is -0.624. The topological polar surface area (TPSA) is 111 Å². The van der Waals surface area contributed by atoms with Gasteiger partial charge in [0.05, 0.1) is 34.5 Å². The fraction of sp³-hybridized carbons (Fsp3) is 0.538. The van der Waals surface area contributed by atoms with Crippen LogP contribution in [-0.2, 0) is 29.5 Å². The summed E-state index contributed by atoms with van der Waals surface area (Å²) in [7, 11) is 1.81. The molecule has 2 aromatic heterocycles. The lowest BCUT2D eigenvalue weighted by Gasteiger charge is -2.28. The molecule has 1 N–H and O–H groups in total. The van der Waals surface area contributed by atoms with Gasteiger partial charge >= 0.3 is 12.2 Å². The van der Waals surface area contributed by atoms with Crippen LogP contribution in [0.3, 0.4) is 0 Å². The summed E-state index contributed by atoms with van der Waals surface area (Å²) >= 11 is 0. The minimum absolute atomic E-state index is 0.118. The minimum Gasteiger partial charge on any atom is -0.444 e. The lowest BCUT2D eigenvalue weighted by atomic mass is 10.1. The molecule has 11 nitrogen and oxygen atoms in total. The van der Waals surface area contributed by atoms with Crippen molar-refractivity contribution in [3.8, 4) is 11.5 Å². The summed E-state index contributed by atoms with van der Waals surface area (Å²) in [5, 5.41) is 4.04. The van der Waals surface area contributed by atoms with Gasteiger partial charge in [0.15, 0.2) is 5.82 Å². The summed E-state index contributed by atoms with van der Waals surface area (Å²) < 4.78 is 31.3. The largest absolute Gasteiger partial charge is 0.444 e. The van der Waals surface area contributed by atoms with Crippen LogP contribution in [0.15, 0.2) is 30.3 Å². The van der Waals surface area contributed by atoms with Crippen LogP contribution in [-0.4, -0.2) is 73.5 Å². The van der Waals surface area contributed by atoms with E-state index in [1.54, 1.807) is 20.4 Å². The lowest BCUT2D eigenvalue weighted by molar-refractivity contribution is 0.0484. The highest BCUT2D eigenvalue weighted by molar-refractivity contribution is 6.01. The number of piperidine rings is 1. The Bertz CT molecular complexity index is 2100. The van der Waals surface area contributed by atoms with Crippen LogP contribution in [0.25, 0.3) is 33.5 Å². The van der Waals surface area contributed by atoms with Gasteiger partial charge in [-0.25, -0.2) is 19.0 Å². The Morgan fingerprint density at radius 2 is 1.71 bits per heavy atom. The first kappa shape index (κ1) is 33.5. The zero-order valence-corrected chi connectivity index (χ0v) is 30.5. The Balaban J connectivity index is 1.13. The van der Waals surface area contributed by atoms with Gasteiger partial charge in [-0.2, -0.15) is 0 Å². The van der Waals surface area contributed by atoms with Crippen LogP contribution >= 0.6 is 0 Å². The van der Waals surface area contributed by atoms with Gasteiger partial charge in [0.2, 0.25) is 0 Å². The predicted molar refractivity (Wildman–Crippen MR) is 192 cm³/mol. The van der Waals surface area contributed by atoms with Crippen molar-refractivity contribution in [1.29, 1.82) is 0 Å². The van der Waals surface area contributed by atoms with Crippen molar-refractivity contribution in [2.75, 3.05) is 18.0 Å². The number of rotatable bonds is 5. The number of nitrogens with one attached hydrogen (secondary N) is 1. The number of nitrogens with zero attached hydrogens (tertiary/aromatic N) is 5. The Morgan fingerprint density at radius 1 is 0.961 bits per heavy atom. The predicted octanol–water partition coefficient (Wildman–Crippen LogP) is 7.17. The number of aryl methyl sites for hydroxylation is 1. The summed E-state index contributed by atoms with van der Waals surface area (Å²) in [6.07, 6.45) is 3.82. The molecule has 2 bridgehead atoms. The van der Waals surface area contributed by atoms with Crippen molar-refractivity contribution in [1.82, 2.24) is 24.3 Å². The zero-order chi connectivity index (χ0) is 36.1. The van der Waals surface area contributed by atoms with Gasteiger partial charge in [-0.3, -0.25) is 9.69 Å². The maximum absolute atomic E-state index is 16.1. The molecule has 1 saturated heterocycles. The van der Waals surface area contributed by atoms with Crippen molar-refractivity contribution >= 4 is 45.7 Å². The maximum Gasteiger partial charge on any atom is 0.414 e. The quantitative estimate of drug-likeness (QED) is 0.237. The van der Waals surface area contributed by atoms with E-state index in [0.717, 1.165) is 60.1 Å². The second-order valence-electron chi connectivity index (χ2n) is 16.8. The number of halogens is 1. The highest BCUT2D eigenvalue weighted by Crippen LogP contribution is 2.43. The maximum atomic E-state index is 16.1. The number of ether oxygens (including phenoxy) is 2. The van der Waals surface area contributed by atoms with Gasteiger partial charge in [0, 0.05) is 43.2 Å². The molecule has 2 aromatic carbocycles. The molecule has 3 amide bonds. The summed E-state index contributed by atoms with van der Waals surface area (Å²) in [6, 6.07) is 8.76. The molecule has 0 spiro atoms. The molecule has 2 aliphatic heterocycles. The monoisotopic (exact) mass is 698 g/mol. The van der Waals surface area contributed by atoms with E-state index in [-0.39, 0.29) is 35.6 Å². The first-order valence-electron chi connectivity index (χ1n) is 18.2. The van der Waals surface area contributed by atoms with E-state index >= 15 is 4.39 Å². The van der Waals surface area contributed by atoms with Crippen LogP contribution in [0.4, 0.5) is 19.7 Å². The molecule has 4 aromatic rings. The first-order valence-corrected chi connectivity index (χ1v) is 18.2. The SMILES string of the molecule is Cn1c(-c2cc3ccc4c(c3n2CC2CC2)CCN4C(=O)OC(C)(C)C)nc2cc(C(=O)N3C[C@H]4CC[C@@H]3[C@@H]4NC(=O)OC(C)(C)C)cc(F)c21. The standard InChI is InChI=1S/C39H47FN6O5/c1-38(2,3)50-36(48)42-31-23-11-13-29(31)46(20-23)35(47)24-16-26(40)33-27(17-24)41-34(43(33)7)30-18-22-10-12-28-25(32(22)45(30)19-21-8-9-21)14-15-44(28)37(49)51-39(4,5)6/h10,12,16-18,21,23,29,31H,8-9,11,13-15,19-20H2,1-7H3,(H,42,48)/t23-,29-,31-/m1/s1. The van der Waals surface area contributed by atoms with E-state index in [2.05, 4.69) is 16.0 Å². The number of aromatic nitrogens is 3. The average molecular weight is 699 g/mol. The molecular formula is C39H47FN6O5. The number of carbonyl (C=O) groups excluding carboxylic acids is 3. The number of imidazole rings is 1. The average Bonchev–Trinajstić information content (AvgIpc) is 3.33. The van der Waals surface area contributed by atoms with Crippen LogP contribution in [0.2, 0.25) is 0 Å². The lowest BCUT2D eigenvalue weighted by Crippen LogP contribution is -2.46. The summed E-state index contributed by atoms with van der Waals surface area (Å²) in [6.45, 7) is 12.9. The number of likely N-dealkylation sites (tertiary alicyclic amines) is 1. The van der Waals surface area contributed by atoms with Gasteiger partial charge in [-0.1, -0.05) is 6.07 Å². The molecule has 51 heavy (non-hydrogen) atoms. The van der Waals surface area contributed by atoms with Crippen molar-refractivity contribution in [2.24, 2.45) is 18.9 Å². The molecule has 2 saturated carbocycles. The Hall–Kier alpha value is -4.61. The second-order valence-corrected chi connectivity index (χ2v) is 16.8. The Kier molecular flexibility index (Phi) is 7.70. The molecule has 8 rings (SSSR count). The fourth-order valence-electron chi connectivity index (χ4n) is 8.42. The summed E-state index contributed by atoms with van der Waals surface area (Å²) in [5.74, 6) is 0.497. The van der Waals surface area contributed by atoms with Crippen molar-refractivity contribution in [2.45, 2.75) is 103 Å². The number of amides is 3. The first-order chi connectivity index (χ1) is 24.1. The number of alkyl carbamates (subject to hydrolysis) is 1. The molecule has 4 heterocycles. The molecule has 270 valence electrons. The Labute approximate surface area is 297 Å². The number of hydrogen-bond acceptors (Lipinski definition) is 6. The summed E-state index contributed by atoms with van der Waals surface area (Å²) in [4.78, 5) is 48.2. The normalized spacial score (nSPS) is 21.5. The van der Waals surface area contributed by atoms with E-state index in [4.69, 9.17) is 14.5 Å². The van der Waals surface area contributed by atoms with Crippen molar-refractivity contribution in [3.05, 3.63) is 47.3 Å². The third-order valence-electron chi connectivity index (χ3n) is 10.7. The molecule has 12 heteroatoms. The fourth-order valence-corrected chi connectivity index (χ4v) is 8.42. The molecule has 2 aliphatic carbocycles. The van der Waals surface area contributed by atoms with E-state index in [1.807, 2.05) is 60.7 Å². The number of fused-ring (bicyclic) bond motifs is 6. The number of benzene rings is 2. The molecule has 4 aliphatic rings. The van der Waals surface area contributed by atoms with Crippen LogP contribution in [0, 0.1) is 17.7 Å². The van der Waals surface area contributed by atoms with E-state index in [9.17, 15) is 14.4 Å². The van der Waals surface area contributed by atoms with Crippen LogP contribution in [0.1, 0.15) is 83.1 Å². The van der Waals surface area contributed by atoms with Crippen LogP contribution < -0.4 is 10.2 Å². The Morgan fingerprint density at radius 3 is 2.41 bits per heavy atom. The van der Waals surface area contributed by atoms with Crippen molar-refractivity contribution in [3.63, 3.8) is 0 Å². The number of carbonyl (C=O) groups is 3. The van der Waals surface area contributed by atoms with Gasteiger partial charge in [0.25, 0.3) is 5.91 Å². The molecule has 0 unspecified atom stereocenters. The number of anilines is 1.